The predicted octanol–water partition coefficient (Wildman–Crippen LogP) is 3.67. The highest BCUT2D eigenvalue weighted by atomic mass is 16.3. The van der Waals surface area contributed by atoms with Crippen molar-refractivity contribution in [2.75, 3.05) is 20.6 Å². The zero-order valence-corrected chi connectivity index (χ0v) is 16.4. The highest BCUT2D eigenvalue weighted by molar-refractivity contribution is 5.89. The van der Waals surface area contributed by atoms with E-state index in [1.54, 1.807) is 0 Å². The zero-order valence-electron chi connectivity index (χ0n) is 16.4. The molecule has 0 aromatic rings. The normalized spacial score (nSPS) is 49.4. The first kappa shape index (κ1) is 17.7. The van der Waals surface area contributed by atoms with Gasteiger partial charge in [0.05, 0.1) is 6.10 Å². The number of carbonyl (C=O) groups excluding carboxylic acids is 1. The third kappa shape index (κ3) is 2.56. The molecule has 4 aliphatic carbocycles. The van der Waals surface area contributed by atoms with Crippen molar-refractivity contribution >= 4 is 5.78 Å². The van der Waals surface area contributed by atoms with E-state index < -0.39 is 0 Å². The Hall–Kier alpha value is -0.670. The molecule has 0 spiro atoms. The van der Waals surface area contributed by atoms with Crippen LogP contribution in [0.1, 0.15) is 58.8 Å². The van der Waals surface area contributed by atoms with E-state index in [9.17, 15) is 9.90 Å². The fourth-order valence-electron chi connectivity index (χ4n) is 7.18. The number of aliphatic hydroxyl groups excluding tert-OH is 1. The van der Waals surface area contributed by atoms with E-state index in [1.807, 2.05) is 0 Å². The number of carbonyl (C=O) groups is 1. The Morgan fingerprint density at radius 1 is 1.16 bits per heavy atom. The van der Waals surface area contributed by atoms with Crippen molar-refractivity contribution in [3.05, 3.63) is 11.6 Å². The predicted molar refractivity (Wildman–Crippen MR) is 100 cm³/mol. The van der Waals surface area contributed by atoms with Gasteiger partial charge in [0, 0.05) is 17.9 Å². The minimum Gasteiger partial charge on any atom is -0.393 e. The van der Waals surface area contributed by atoms with Crippen LogP contribution in [-0.4, -0.2) is 42.5 Å². The monoisotopic (exact) mass is 345 g/mol. The number of aliphatic hydroxyl groups is 1. The Balaban J connectivity index is 1.63. The molecule has 0 aromatic heterocycles. The van der Waals surface area contributed by atoms with Crippen LogP contribution < -0.4 is 0 Å². The van der Waals surface area contributed by atoms with Crippen LogP contribution in [0.5, 0.6) is 0 Å². The molecule has 3 heteroatoms. The Morgan fingerprint density at radius 2 is 1.88 bits per heavy atom. The van der Waals surface area contributed by atoms with E-state index in [0.717, 1.165) is 45.1 Å². The first-order valence-electron chi connectivity index (χ1n) is 10.3. The second-order valence-corrected chi connectivity index (χ2v) is 10.2. The molecule has 0 bridgehead atoms. The van der Waals surface area contributed by atoms with Crippen molar-refractivity contribution in [1.82, 2.24) is 4.90 Å². The van der Waals surface area contributed by atoms with Crippen molar-refractivity contribution in [2.24, 2.45) is 34.5 Å². The highest BCUT2D eigenvalue weighted by Crippen LogP contribution is 2.64. The van der Waals surface area contributed by atoms with Crippen molar-refractivity contribution in [1.29, 1.82) is 0 Å². The molecule has 0 heterocycles. The lowest BCUT2D eigenvalue weighted by Crippen LogP contribution is -2.50. The SMILES string of the molecule is CN(C)C[C@@H]1C[C@@H]2[C@@H]3CC=C4C[C@H](O)CC[C@]4(C)[C@@H]3CC[C@]2(C)C1=O. The maximum absolute atomic E-state index is 13.2. The average molecular weight is 346 g/mol. The van der Waals surface area contributed by atoms with Crippen molar-refractivity contribution in [2.45, 2.75) is 64.9 Å². The van der Waals surface area contributed by atoms with Gasteiger partial charge in [0.25, 0.3) is 0 Å². The van der Waals surface area contributed by atoms with E-state index in [2.05, 4.69) is 38.9 Å². The minimum atomic E-state index is -0.137. The van der Waals surface area contributed by atoms with Gasteiger partial charge in [-0.3, -0.25) is 4.79 Å². The molecule has 0 radical (unpaired) electrons. The van der Waals surface area contributed by atoms with Crippen LogP contribution in [0.4, 0.5) is 0 Å². The third-order valence-corrected chi connectivity index (χ3v) is 8.53. The molecular formula is C22H35NO2. The van der Waals surface area contributed by atoms with Gasteiger partial charge in [-0.05, 0) is 82.2 Å². The molecule has 3 fully saturated rings. The summed E-state index contributed by atoms with van der Waals surface area (Å²) in [4.78, 5) is 15.4. The topological polar surface area (TPSA) is 40.5 Å². The quantitative estimate of drug-likeness (QED) is 0.776. The number of allylic oxidation sites excluding steroid dienone is 1. The second-order valence-electron chi connectivity index (χ2n) is 10.2. The maximum atomic E-state index is 13.2. The van der Waals surface area contributed by atoms with Gasteiger partial charge in [0.15, 0.2) is 0 Å². The third-order valence-electron chi connectivity index (χ3n) is 8.53. The lowest BCUT2D eigenvalue weighted by atomic mass is 9.48. The van der Waals surface area contributed by atoms with E-state index in [1.165, 1.54) is 12.0 Å². The number of Topliss-reactive ketones (excluding diaryl/α,β-unsaturated/α-hetero) is 1. The Bertz CT molecular complexity index is 597. The summed E-state index contributed by atoms with van der Waals surface area (Å²) in [5, 5.41) is 10.1. The van der Waals surface area contributed by atoms with Crippen molar-refractivity contribution in [3.63, 3.8) is 0 Å². The van der Waals surface area contributed by atoms with E-state index in [-0.39, 0.29) is 22.9 Å². The van der Waals surface area contributed by atoms with E-state index in [4.69, 9.17) is 0 Å². The molecule has 1 N–H and O–H groups in total. The summed E-state index contributed by atoms with van der Waals surface area (Å²) >= 11 is 0. The standard InChI is InChI=1S/C22H35NO2/c1-21-9-7-16(24)12-15(21)5-6-17-18(21)8-10-22(2)19(17)11-14(20(22)25)13-23(3)4/h5,14,16-19,24H,6-13H2,1-4H3/t14-,16+,17+,18+,19+,21-,22-/m0/s1. The Labute approximate surface area is 152 Å². The summed E-state index contributed by atoms with van der Waals surface area (Å²) < 4.78 is 0. The Kier molecular flexibility index (Phi) is 4.20. The number of fused-ring (bicyclic) bond motifs is 5. The molecule has 3 saturated carbocycles. The smallest absolute Gasteiger partial charge is 0.143 e. The molecule has 140 valence electrons. The number of nitrogens with zero attached hydrogens (tertiary/aromatic N) is 1. The molecule has 0 amide bonds. The maximum Gasteiger partial charge on any atom is 0.143 e. The van der Waals surface area contributed by atoms with Crippen LogP contribution >= 0.6 is 0 Å². The molecular weight excluding hydrogens is 310 g/mol. The van der Waals surface area contributed by atoms with Gasteiger partial charge in [0.1, 0.15) is 5.78 Å². The molecule has 4 aliphatic rings. The van der Waals surface area contributed by atoms with Gasteiger partial charge < -0.3 is 10.0 Å². The second kappa shape index (κ2) is 5.92. The van der Waals surface area contributed by atoms with Gasteiger partial charge in [-0.1, -0.05) is 25.5 Å². The van der Waals surface area contributed by atoms with Crippen LogP contribution in [-0.2, 0) is 4.79 Å². The van der Waals surface area contributed by atoms with E-state index in [0.29, 0.717) is 23.5 Å². The molecule has 7 atom stereocenters. The molecule has 0 saturated heterocycles. The van der Waals surface area contributed by atoms with Crippen LogP contribution in [0, 0.1) is 34.5 Å². The fourth-order valence-corrected chi connectivity index (χ4v) is 7.18. The lowest BCUT2D eigenvalue weighted by molar-refractivity contribution is -0.134. The van der Waals surface area contributed by atoms with Gasteiger partial charge in [-0.25, -0.2) is 0 Å². The summed E-state index contributed by atoms with van der Waals surface area (Å²) in [5.74, 6) is 2.71. The van der Waals surface area contributed by atoms with Gasteiger partial charge >= 0.3 is 0 Å². The number of ketones is 1. The number of hydrogen-bond acceptors (Lipinski definition) is 3. The summed E-state index contributed by atoms with van der Waals surface area (Å²) in [6.45, 7) is 5.64. The first-order valence-corrected chi connectivity index (χ1v) is 10.3. The van der Waals surface area contributed by atoms with Crippen molar-refractivity contribution < 1.29 is 9.90 Å². The molecule has 0 aromatic carbocycles. The number of rotatable bonds is 2. The van der Waals surface area contributed by atoms with Crippen LogP contribution in [0.25, 0.3) is 0 Å². The number of hydrogen-bond donors (Lipinski definition) is 1. The summed E-state index contributed by atoms with van der Waals surface area (Å²) in [7, 11) is 4.18. The largest absolute Gasteiger partial charge is 0.393 e. The molecule has 0 unspecified atom stereocenters. The van der Waals surface area contributed by atoms with Crippen molar-refractivity contribution in [3.8, 4) is 0 Å². The fraction of sp³-hybridized carbons (Fsp3) is 0.864. The van der Waals surface area contributed by atoms with Crippen LogP contribution in [0.3, 0.4) is 0 Å². The Morgan fingerprint density at radius 3 is 2.60 bits per heavy atom. The van der Waals surface area contributed by atoms with Crippen LogP contribution in [0.15, 0.2) is 11.6 Å². The van der Waals surface area contributed by atoms with Gasteiger partial charge in [-0.2, -0.15) is 0 Å². The first-order chi connectivity index (χ1) is 11.8. The van der Waals surface area contributed by atoms with Crippen LogP contribution in [0.2, 0.25) is 0 Å². The zero-order chi connectivity index (χ0) is 18.0. The average Bonchev–Trinajstić information content (AvgIpc) is 2.79. The minimum absolute atomic E-state index is 0.0856. The van der Waals surface area contributed by atoms with E-state index >= 15 is 0 Å². The summed E-state index contributed by atoms with van der Waals surface area (Å²) in [6, 6.07) is 0. The van der Waals surface area contributed by atoms with Gasteiger partial charge in [-0.15, -0.1) is 0 Å². The lowest BCUT2D eigenvalue weighted by Gasteiger charge is -2.56. The molecule has 0 aliphatic heterocycles. The molecule has 4 rings (SSSR count). The summed E-state index contributed by atoms with van der Waals surface area (Å²) in [6.07, 6.45) is 9.77. The molecule has 25 heavy (non-hydrogen) atoms. The highest BCUT2D eigenvalue weighted by Gasteiger charge is 2.60. The molecule has 3 nitrogen and oxygen atoms in total. The van der Waals surface area contributed by atoms with Gasteiger partial charge in [0.2, 0.25) is 0 Å². The summed E-state index contributed by atoms with van der Waals surface area (Å²) in [5.41, 5.74) is 1.70.